The van der Waals surface area contributed by atoms with Crippen LogP contribution in [0.25, 0.3) is 0 Å². The zero-order valence-electron chi connectivity index (χ0n) is 15.1. The molecule has 2 aliphatic rings. The van der Waals surface area contributed by atoms with Gasteiger partial charge in [0.25, 0.3) is 0 Å². The Hall–Kier alpha value is -0.840. The average molecular weight is 328 g/mol. The molecule has 0 unspecified atom stereocenters. The lowest BCUT2D eigenvalue weighted by Gasteiger charge is -2.47. The molecule has 0 aromatic carbocycles. The summed E-state index contributed by atoms with van der Waals surface area (Å²) in [6, 6.07) is 0. The number of likely N-dealkylation sites (tertiary alicyclic amines) is 2. The highest BCUT2D eigenvalue weighted by molar-refractivity contribution is 5.67. The molecular formula is C18H33FN2O2. The number of ether oxygens (including phenoxy) is 1. The highest BCUT2D eigenvalue weighted by Crippen LogP contribution is 2.41. The molecule has 0 aromatic heterocycles. The molecule has 4 nitrogen and oxygen atoms in total. The van der Waals surface area contributed by atoms with Gasteiger partial charge in [-0.2, -0.15) is 0 Å². The Morgan fingerprint density at radius 2 is 1.70 bits per heavy atom. The van der Waals surface area contributed by atoms with E-state index in [4.69, 9.17) is 4.74 Å². The van der Waals surface area contributed by atoms with Crippen molar-refractivity contribution in [3.05, 3.63) is 0 Å². The maximum Gasteiger partial charge on any atom is 0.409 e. The van der Waals surface area contributed by atoms with E-state index in [1.807, 2.05) is 4.90 Å². The van der Waals surface area contributed by atoms with E-state index < -0.39 is 5.67 Å². The summed E-state index contributed by atoms with van der Waals surface area (Å²) < 4.78 is 19.1. The van der Waals surface area contributed by atoms with Crippen molar-refractivity contribution >= 4 is 6.09 Å². The number of hydrogen-bond donors (Lipinski definition) is 0. The van der Waals surface area contributed by atoms with Crippen LogP contribution in [0.2, 0.25) is 0 Å². The lowest BCUT2D eigenvalue weighted by atomic mass is 9.71. The Morgan fingerprint density at radius 3 is 2.22 bits per heavy atom. The Bertz CT molecular complexity index is 377. The van der Waals surface area contributed by atoms with Crippen molar-refractivity contribution in [2.75, 3.05) is 39.3 Å². The van der Waals surface area contributed by atoms with E-state index >= 15 is 0 Å². The number of alkyl halides is 1. The molecule has 0 aliphatic carbocycles. The van der Waals surface area contributed by atoms with Crippen molar-refractivity contribution in [2.24, 2.45) is 5.41 Å². The zero-order chi connectivity index (χ0) is 16.9. The first-order valence-electron chi connectivity index (χ1n) is 9.17. The minimum atomic E-state index is -1.11. The van der Waals surface area contributed by atoms with Gasteiger partial charge in [0.15, 0.2) is 0 Å². The minimum absolute atomic E-state index is 0.148. The second kappa shape index (κ2) is 7.82. The number of carbonyl (C=O) groups excluding carboxylic acids is 1. The summed E-state index contributed by atoms with van der Waals surface area (Å²) in [5.41, 5.74) is -0.757. The van der Waals surface area contributed by atoms with Crippen LogP contribution >= 0.6 is 0 Å². The molecule has 2 fully saturated rings. The largest absolute Gasteiger partial charge is 0.449 e. The lowest BCUT2D eigenvalue weighted by Crippen LogP contribution is -2.50. The highest BCUT2D eigenvalue weighted by atomic mass is 19.1. The van der Waals surface area contributed by atoms with Crippen LogP contribution in [0.4, 0.5) is 9.18 Å². The lowest BCUT2D eigenvalue weighted by molar-refractivity contribution is 0.0140. The number of nitrogens with zero attached hydrogens (tertiary/aromatic N) is 2. The Labute approximate surface area is 140 Å². The molecule has 0 bridgehead atoms. The molecule has 0 atom stereocenters. The van der Waals surface area contributed by atoms with Crippen LogP contribution in [0.1, 0.15) is 59.3 Å². The van der Waals surface area contributed by atoms with E-state index in [9.17, 15) is 9.18 Å². The highest BCUT2D eigenvalue weighted by Gasteiger charge is 2.39. The van der Waals surface area contributed by atoms with Crippen LogP contribution in [-0.4, -0.2) is 60.9 Å². The van der Waals surface area contributed by atoms with E-state index in [2.05, 4.69) is 11.8 Å². The molecule has 2 saturated heterocycles. The van der Waals surface area contributed by atoms with Gasteiger partial charge >= 0.3 is 6.09 Å². The number of carbonyl (C=O) groups is 1. The molecule has 1 amide bonds. The van der Waals surface area contributed by atoms with Gasteiger partial charge in [0.2, 0.25) is 0 Å². The first-order valence-corrected chi connectivity index (χ1v) is 9.17. The summed E-state index contributed by atoms with van der Waals surface area (Å²) in [6.07, 6.45) is 6.20. The number of hydrogen-bond acceptors (Lipinski definition) is 3. The third-order valence-electron chi connectivity index (χ3n) is 5.32. The van der Waals surface area contributed by atoms with Crippen LogP contribution in [-0.2, 0) is 4.74 Å². The van der Waals surface area contributed by atoms with Gasteiger partial charge < -0.3 is 14.5 Å². The fraction of sp³-hybridized carbons (Fsp3) is 0.944. The van der Waals surface area contributed by atoms with Crippen LogP contribution in [0.3, 0.4) is 0 Å². The van der Waals surface area contributed by atoms with Gasteiger partial charge in [-0.15, -0.1) is 0 Å². The van der Waals surface area contributed by atoms with Crippen molar-refractivity contribution in [1.82, 2.24) is 9.80 Å². The topological polar surface area (TPSA) is 32.8 Å². The minimum Gasteiger partial charge on any atom is -0.449 e. The molecule has 134 valence electrons. The quantitative estimate of drug-likeness (QED) is 0.719. The van der Waals surface area contributed by atoms with Crippen LogP contribution < -0.4 is 0 Å². The van der Waals surface area contributed by atoms with Crippen molar-refractivity contribution < 1.29 is 13.9 Å². The third kappa shape index (κ3) is 5.63. The van der Waals surface area contributed by atoms with E-state index in [-0.39, 0.29) is 6.09 Å². The molecule has 5 heteroatoms. The van der Waals surface area contributed by atoms with Gasteiger partial charge in [-0.25, -0.2) is 9.18 Å². The van der Waals surface area contributed by atoms with E-state index in [1.165, 1.54) is 0 Å². The Kier molecular flexibility index (Phi) is 6.29. The number of amides is 1. The van der Waals surface area contributed by atoms with E-state index in [0.29, 0.717) is 18.6 Å². The van der Waals surface area contributed by atoms with Crippen molar-refractivity contribution in [1.29, 1.82) is 0 Å². The molecular weight excluding hydrogens is 295 g/mol. The normalized spacial score (nSPS) is 22.3. The summed E-state index contributed by atoms with van der Waals surface area (Å²) in [4.78, 5) is 16.1. The van der Waals surface area contributed by atoms with E-state index in [1.54, 1.807) is 13.8 Å². The molecule has 2 heterocycles. The number of unbranched alkanes of at least 4 members (excludes halogenated alkanes) is 1. The standard InChI is InChI=1S/C18H33FN2O2/c1-4-5-14-23-16(22)21-12-8-18(9-13-21)6-10-20(11-7-18)15-17(2,3)19/h4-15H2,1-3H3. The summed E-state index contributed by atoms with van der Waals surface area (Å²) in [5.74, 6) is 0. The predicted molar refractivity (Wildman–Crippen MR) is 90.4 cm³/mol. The SMILES string of the molecule is CCCCOC(=O)N1CCC2(CCN(CC(C)(C)F)CC2)CC1. The van der Waals surface area contributed by atoms with Crippen LogP contribution in [0.5, 0.6) is 0 Å². The van der Waals surface area contributed by atoms with Gasteiger partial charge in [-0.05, 0) is 64.5 Å². The monoisotopic (exact) mass is 328 g/mol. The number of halogens is 1. The molecule has 2 rings (SSSR count). The molecule has 1 spiro atoms. The summed E-state index contributed by atoms with van der Waals surface area (Å²) in [5, 5.41) is 0. The smallest absolute Gasteiger partial charge is 0.409 e. The first-order chi connectivity index (χ1) is 10.8. The Balaban J connectivity index is 1.73. The Morgan fingerprint density at radius 1 is 1.13 bits per heavy atom. The molecule has 0 saturated carbocycles. The van der Waals surface area contributed by atoms with Gasteiger partial charge in [-0.3, -0.25) is 0 Å². The van der Waals surface area contributed by atoms with Crippen LogP contribution in [0, 0.1) is 5.41 Å². The van der Waals surface area contributed by atoms with Crippen molar-refractivity contribution in [2.45, 2.75) is 65.0 Å². The van der Waals surface area contributed by atoms with Crippen LogP contribution in [0.15, 0.2) is 0 Å². The number of rotatable bonds is 5. The number of piperidine rings is 2. The van der Waals surface area contributed by atoms with Crippen molar-refractivity contribution in [3.8, 4) is 0 Å². The zero-order valence-corrected chi connectivity index (χ0v) is 15.1. The molecule has 0 aromatic rings. The molecule has 0 N–H and O–H groups in total. The van der Waals surface area contributed by atoms with Gasteiger partial charge in [-0.1, -0.05) is 13.3 Å². The third-order valence-corrected chi connectivity index (χ3v) is 5.32. The van der Waals surface area contributed by atoms with E-state index in [0.717, 1.165) is 64.7 Å². The van der Waals surface area contributed by atoms with Gasteiger partial charge in [0.05, 0.1) is 6.61 Å². The predicted octanol–water partition coefficient (Wildman–Crippen LogP) is 3.85. The van der Waals surface area contributed by atoms with Crippen molar-refractivity contribution in [3.63, 3.8) is 0 Å². The summed E-state index contributed by atoms with van der Waals surface area (Å²) in [6.45, 7) is 10.0. The average Bonchev–Trinajstić information content (AvgIpc) is 2.49. The summed E-state index contributed by atoms with van der Waals surface area (Å²) in [7, 11) is 0. The molecule has 0 radical (unpaired) electrons. The fourth-order valence-corrected chi connectivity index (χ4v) is 3.78. The molecule has 23 heavy (non-hydrogen) atoms. The second-order valence-electron chi connectivity index (χ2n) is 7.95. The summed E-state index contributed by atoms with van der Waals surface area (Å²) >= 11 is 0. The first kappa shape index (κ1) is 18.5. The molecule has 2 aliphatic heterocycles. The second-order valence-corrected chi connectivity index (χ2v) is 7.95. The maximum absolute atomic E-state index is 13.8. The van der Waals surface area contributed by atoms with Gasteiger partial charge in [0.1, 0.15) is 5.67 Å². The maximum atomic E-state index is 13.8. The fourth-order valence-electron chi connectivity index (χ4n) is 3.78. The van der Waals surface area contributed by atoms with Gasteiger partial charge in [0, 0.05) is 19.6 Å².